The number of aromatic nitrogens is 5. The van der Waals surface area contributed by atoms with Crippen molar-refractivity contribution in [2.75, 3.05) is 38.6 Å². The topological polar surface area (TPSA) is 189 Å². The maximum absolute atomic E-state index is 14.2. The molecule has 1 aliphatic rings. The van der Waals surface area contributed by atoms with Gasteiger partial charge in [-0.3, -0.25) is 24.3 Å². The van der Waals surface area contributed by atoms with Crippen molar-refractivity contribution in [3.8, 4) is 22.5 Å². The van der Waals surface area contributed by atoms with E-state index < -0.39 is 11.9 Å². The Labute approximate surface area is 299 Å². The van der Waals surface area contributed by atoms with E-state index in [0.717, 1.165) is 53.6 Å². The highest BCUT2D eigenvalue weighted by atomic mass is 35.5. The third kappa shape index (κ3) is 9.49. The molecule has 0 aliphatic heterocycles. The van der Waals surface area contributed by atoms with Crippen LogP contribution in [0.2, 0.25) is 0 Å². The Kier molecular flexibility index (Phi) is 13.6. The van der Waals surface area contributed by atoms with Crippen LogP contribution in [0.3, 0.4) is 0 Å². The summed E-state index contributed by atoms with van der Waals surface area (Å²) in [4.78, 5) is 48.0. The largest absolute Gasteiger partial charge is 0.368 e. The number of pyridine rings is 1. The highest BCUT2D eigenvalue weighted by Crippen LogP contribution is 2.33. The van der Waals surface area contributed by atoms with Crippen LogP contribution in [-0.4, -0.2) is 88.0 Å². The highest BCUT2D eigenvalue weighted by molar-refractivity contribution is 6.02. The molecule has 14 heteroatoms. The Morgan fingerprint density at radius 1 is 1.00 bits per heavy atom. The Morgan fingerprint density at radius 3 is 2.26 bits per heavy atom. The summed E-state index contributed by atoms with van der Waals surface area (Å²) >= 11 is 0. The number of hydrogen-bond acceptors (Lipinski definition) is 9. The zero-order valence-corrected chi connectivity index (χ0v) is 29.7. The van der Waals surface area contributed by atoms with Crippen LogP contribution in [-0.2, 0) is 16.0 Å². The Morgan fingerprint density at radius 2 is 1.68 bits per heavy atom. The Bertz CT molecular complexity index is 1710. The summed E-state index contributed by atoms with van der Waals surface area (Å²) in [5, 5.41) is 17.1. The van der Waals surface area contributed by atoms with Crippen molar-refractivity contribution in [3.05, 3.63) is 77.6 Å². The molecule has 5 rings (SSSR count). The van der Waals surface area contributed by atoms with Gasteiger partial charge in [-0.2, -0.15) is 5.21 Å². The normalized spacial score (nSPS) is 16.3. The number of tetrazole rings is 1. The van der Waals surface area contributed by atoms with Crippen molar-refractivity contribution in [2.45, 2.75) is 51.5 Å². The van der Waals surface area contributed by atoms with Crippen molar-refractivity contribution in [3.63, 3.8) is 0 Å². The molecular weight excluding hydrogens is 656 g/mol. The highest BCUT2D eigenvalue weighted by Gasteiger charge is 2.36. The summed E-state index contributed by atoms with van der Waals surface area (Å²) in [6.45, 7) is 4.03. The molecule has 2 aromatic heterocycles. The third-order valence-corrected chi connectivity index (χ3v) is 9.26. The molecule has 1 aliphatic carbocycles. The van der Waals surface area contributed by atoms with Crippen LogP contribution in [0.4, 0.5) is 5.69 Å². The maximum Gasteiger partial charge on any atom is 0.269 e. The molecule has 0 saturated heterocycles. The monoisotopic (exact) mass is 702 g/mol. The molecule has 2 heterocycles. The number of rotatable bonds is 14. The fourth-order valence-corrected chi connectivity index (χ4v) is 6.39. The molecule has 0 bridgehead atoms. The van der Waals surface area contributed by atoms with Gasteiger partial charge in [0.15, 0.2) is 0 Å². The molecule has 0 spiro atoms. The minimum absolute atomic E-state index is 0. The van der Waals surface area contributed by atoms with Gasteiger partial charge in [-0.1, -0.05) is 24.3 Å². The molecule has 6 N–H and O–H groups in total. The number of nitrogens with zero attached hydrogens (tertiary/aromatic N) is 6. The first-order valence-corrected chi connectivity index (χ1v) is 16.8. The second-order valence-corrected chi connectivity index (χ2v) is 13.1. The number of carbonyl (C=O) groups is 3. The van der Waals surface area contributed by atoms with Crippen LogP contribution in [0.15, 0.2) is 60.8 Å². The Hall–Kier alpha value is -4.72. The number of aromatic amines is 1. The fourth-order valence-electron chi connectivity index (χ4n) is 6.39. The summed E-state index contributed by atoms with van der Waals surface area (Å²) in [5.74, 6) is -0.310. The molecule has 1 fully saturated rings. The number of aryl methyl sites for hydroxylation is 1. The number of nitrogens with two attached hydrogens (primary N) is 2. The van der Waals surface area contributed by atoms with E-state index in [1.165, 1.54) is 0 Å². The van der Waals surface area contributed by atoms with Crippen LogP contribution in [0, 0.1) is 18.8 Å². The number of primary amides is 1. The summed E-state index contributed by atoms with van der Waals surface area (Å²) in [6, 6.07) is 15.8. The summed E-state index contributed by atoms with van der Waals surface area (Å²) < 4.78 is 0. The summed E-state index contributed by atoms with van der Waals surface area (Å²) in [5.41, 5.74) is 17.2. The molecule has 0 radical (unpaired) electrons. The number of hydrogen-bond donors (Lipinski definition) is 4. The van der Waals surface area contributed by atoms with Crippen molar-refractivity contribution in [1.29, 1.82) is 0 Å². The fraction of sp³-hybridized carbons (Fsp3) is 0.417. The second kappa shape index (κ2) is 17.8. The molecular formula is C36H47ClN10O3. The van der Waals surface area contributed by atoms with Crippen molar-refractivity contribution < 1.29 is 14.4 Å². The lowest BCUT2D eigenvalue weighted by Crippen LogP contribution is -2.52. The van der Waals surface area contributed by atoms with Gasteiger partial charge in [0.2, 0.25) is 17.6 Å². The summed E-state index contributed by atoms with van der Waals surface area (Å²) in [6.07, 6.45) is 5.97. The van der Waals surface area contributed by atoms with Crippen LogP contribution >= 0.6 is 12.4 Å². The van der Waals surface area contributed by atoms with E-state index in [1.54, 1.807) is 41.4 Å². The third-order valence-electron chi connectivity index (χ3n) is 9.26. The van der Waals surface area contributed by atoms with E-state index in [4.69, 9.17) is 11.5 Å². The van der Waals surface area contributed by atoms with E-state index in [1.807, 2.05) is 45.3 Å². The van der Waals surface area contributed by atoms with E-state index in [2.05, 4.69) is 35.8 Å². The quantitative estimate of drug-likeness (QED) is 0.143. The lowest BCUT2D eigenvalue weighted by Gasteiger charge is -2.35. The number of amides is 3. The molecule has 50 heavy (non-hydrogen) atoms. The minimum Gasteiger partial charge on any atom is -0.368 e. The average molecular weight is 703 g/mol. The zero-order chi connectivity index (χ0) is 34.9. The lowest BCUT2D eigenvalue weighted by atomic mass is 9.81. The van der Waals surface area contributed by atoms with Gasteiger partial charge in [0, 0.05) is 41.9 Å². The summed E-state index contributed by atoms with van der Waals surface area (Å²) in [7, 11) is 4.00. The predicted molar refractivity (Wildman–Crippen MR) is 195 cm³/mol. The zero-order valence-electron chi connectivity index (χ0n) is 28.8. The number of benzene rings is 2. The molecule has 4 aromatic rings. The standard InChI is InChI=1S/C36H46N10O3.ClH/c1-23-19-31(35(48)39-17-4-18-45(2)3)40-22-30(23)26-9-5-24(6-10-26)20-32(33(38)47)46(36(49)28-11-7-25(21-37)8-12-28)29-15-13-27(14-16-29)34-41-43-44-42-34;/h5-6,9-10,13-16,19,22,25,28,32H,4,7-8,11-12,17-18,20-21,37H2,1-3H3,(H2,38,47)(H,39,48)(H,41,42,43,44);1H/t25?,28?,32-;/m0./s1. The van der Waals surface area contributed by atoms with E-state index >= 15 is 0 Å². The number of carbonyl (C=O) groups excluding carboxylic acids is 3. The predicted octanol–water partition coefficient (Wildman–Crippen LogP) is 3.54. The van der Waals surface area contributed by atoms with E-state index in [9.17, 15) is 14.4 Å². The first-order chi connectivity index (χ1) is 23.6. The van der Waals surface area contributed by atoms with Gasteiger partial charge in [0.25, 0.3) is 5.91 Å². The van der Waals surface area contributed by atoms with Gasteiger partial charge in [0.05, 0.1) is 0 Å². The number of anilines is 1. The van der Waals surface area contributed by atoms with Crippen molar-refractivity contribution in [2.24, 2.45) is 23.3 Å². The van der Waals surface area contributed by atoms with Gasteiger partial charge in [-0.25, -0.2) is 0 Å². The van der Waals surface area contributed by atoms with E-state index in [0.29, 0.717) is 49.1 Å². The van der Waals surface area contributed by atoms with Gasteiger partial charge < -0.3 is 21.7 Å². The first kappa shape index (κ1) is 38.1. The Balaban J connectivity index is 0.00000562. The van der Waals surface area contributed by atoms with Gasteiger partial charge in [-0.15, -0.1) is 22.6 Å². The number of halogens is 1. The maximum atomic E-state index is 14.2. The molecule has 1 saturated carbocycles. The number of nitrogens with one attached hydrogen (secondary N) is 2. The van der Waals surface area contributed by atoms with Crippen molar-refractivity contribution >= 4 is 35.8 Å². The van der Waals surface area contributed by atoms with Gasteiger partial charge >= 0.3 is 0 Å². The molecule has 0 unspecified atom stereocenters. The van der Waals surface area contributed by atoms with E-state index in [-0.39, 0.29) is 36.6 Å². The van der Waals surface area contributed by atoms with Gasteiger partial charge in [0.1, 0.15) is 11.7 Å². The van der Waals surface area contributed by atoms with Crippen LogP contribution in [0.5, 0.6) is 0 Å². The molecule has 2 aromatic carbocycles. The van der Waals surface area contributed by atoms with Gasteiger partial charge in [-0.05, 0) is 124 Å². The molecule has 3 amide bonds. The number of H-pyrrole nitrogens is 1. The molecule has 1 atom stereocenters. The first-order valence-electron chi connectivity index (χ1n) is 16.8. The molecule has 266 valence electrons. The molecule has 13 nitrogen and oxygen atoms in total. The van der Waals surface area contributed by atoms with Crippen LogP contribution < -0.4 is 21.7 Å². The lowest BCUT2D eigenvalue weighted by molar-refractivity contribution is -0.127. The smallest absolute Gasteiger partial charge is 0.269 e. The van der Waals surface area contributed by atoms with Crippen molar-refractivity contribution in [1.82, 2.24) is 35.8 Å². The average Bonchev–Trinajstić information content (AvgIpc) is 3.65. The minimum atomic E-state index is -0.916. The second-order valence-electron chi connectivity index (χ2n) is 13.1. The van der Waals surface area contributed by atoms with Crippen LogP contribution in [0.25, 0.3) is 22.5 Å². The SMILES string of the molecule is Cc1cc(C(=O)NCCCN(C)C)ncc1-c1ccc(C[C@@H](C(N)=O)N(C(=O)C2CCC(CN)CC2)c2ccc(-c3nn[nH]n3)cc2)cc1.Cl. The van der Waals surface area contributed by atoms with Crippen LogP contribution in [0.1, 0.15) is 53.7 Å².